The number of rotatable bonds is 6. The molecule has 1 amide bonds. The van der Waals surface area contributed by atoms with E-state index in [1.54, 1.807) is 0 Å². The minimum atomic E-state index is -0.0684. The van der Waals surface area contributed by atoms with E-state index in [0.29, 0.717) is 5.92 Å². The Hall–Kier alpha value is -0.130. The molecule has 0 spiro atoms. The van der Waals surface area contributed by atoms with Gasteiger partial charge >= 0.3 is 0 Å². The van der Waals surface area contributed by atoms with E-state index in [0.717, 1.165) is 45.7 Å². The Morgan fingerprint density at radius 1 is 1.28 bits per heavy atom. The summed E-state index contributed by atoms with van der Waals surface area (Å²) >= 11 is 3.41. The van der Waals surface area contributed by atoms with Gasteiger partial charge in [0.15, 0.2) is 0 Å². The molecule has 1 atom stereocenters. The van der Waals surface area contributed by atoms with Crippen LogP contribution in [0.25, 0.3) is 0 Å². The summed E-state index contributed by atoms with van der Waals surface area (Å²) in [6, 6.07) is 0. The number of carbonyl (C=O) groups is 1. The largest absolute Gasteiger partial charge is 0.355 e. The van der Waals surface area contributed by atoms with Gasteiger partial charge in [0.25, 0.3) is 0 Å². The van der Waals surface area contributed by atoms with E-state index in [1.807, 2.05) is 13.8 Å². The lowest BCUT2D eigenvalue weighted by Gasteiger charge is -2.32. The number of piperazine rings is 1. The van der Waals surface area contributed by atoms with Crippen molar-refractivity contribution in [3.05, 3.63) is 0 Å². The van der Waals surface area contributed by atoms with Crippen molar-refractivity contribution in [2.75, 3.05) is 46.3 Å². The van der Waals surface area contributed by atoms with Crippen molar-refractivity contribution in [3.63, 3.8) is 0 Å². The highest BCUT2D eigenvalue weighted by atomic mass is 79.9. The maximum atomic E-state index is 11.7. The number of nitrogens with zero attached hydrogens (tertiary/aromatic N) is 2. The van der Waals surface area contributed by atoms with Gasteiger partial charge < -0.3 is 15.1 Å². The molecule has 4 nitrogen and oxygen atoms in total. The first-order valence-electron chi connectivity index (χ1n) is 6.83. The van der Waals surface area contributed by atoms with Crippen molar-refractivity contribution in [1.82, 2.24) is 15.1 Å². The fourth-order valence-corrected chi connectivity index (χ4v) is 2.15. The fourth-order valence-electron chi connectivity index (χ4n) is 1.99. The van der Waals surface area contributed by atoms with Gasteiger partial charge in [0.05, 0.1) is 4.83 Å². The predicted molar refractivity (Wildman–Crippen MR) is 79.1 cm³/mol. The molecular weight excluding hydrogens is 294 g/mol. The van der Waals surface area contributed by atoms with Crippen molar-refractivity contribution in [1.29, 1.82) is 0 Å². The third-order valence-electron chi connectivity index (χ3n) is 3.38. The molecule has 0 aromatic heterocycles. The summed E-state index contributed by atoms with van der Waals surface area (Å²) in [6.45, 7) is 10.6. The van der Waals surface area contributed by atoms with Crippen LogP contribution in [0, 0.1) is 5.92 Å². The van der Waals surface area contributed by atoms with Crippen LogP contribution in [0.2, 0.25) is 0 Å². The van der Waals surface area contributed by atoms with Crippen molar-refractivity contribution in [2.45, 2.75) is 25.1 Å². The van der Waals surface area contributed by atoms with E-state index in [2.05, 4.69) is 38.1 Å². The van der Waals surface area contributed by atoms with Crippen LogP contribution in [0.3, 0.4) is 0 Å². The number of alkyl halides is 1. The molecule has 1 aliphatic heterocycles. The summed E-state index contributed by atoms with van der Waals surface area (Å²) in [4.78, 5) is 16.5. The Morgan fingerprint density at radius 2 is 1.89 bits per heavy atom. The molecule has 0 bridgehead atoms. The number of hydrogen-bond donors (Lipinski definition) is 1. The first-order valence-corrected chi connectivity index (χ1v) is 7.75. The van der Waals surface area contributed by atoms with Crippen LogP contribution in [-0.4, -0.2) is 66.9 Å². The number of likely N-dealkylation sites (N-methyl/N-ethyl adjacent to an activating group) is 1. The van der Waals surface area contributed by atoms with Gasteiger partial charge in [0, 0.05) is 32.7 Å². The zero-order chi connectivity index (χ0) is 13.5. The molecule has 1 heterocycles. The van der Waals surface area contributed by atoms with Crippen LogP contribution >= 0.6 is 15.9 Å². The first kappa shape index (κ1) is 15.9. The Kier molecular flexibility index (Phi) is 7.19. The molecule has 0 aromatic rings. The second kappa shape index (κ2) is 8.12. The minimum absolute atomic E-state index is 0.0684. The highest BCUT2D eigenvalue weighted by molar-refractivity contribution is 9.10. The average molecular weight is 320 g/mol. The van der Waals surface area contributed by atoms with Gasteiger partial charge in [-0.2, -0.15) is 0 Å². The Bertz CT molecular complexity index is 253. The summed E-state index contributed by atoms with van der Waals surface area (Å²) < 4.78 is 0. The van der Waals surface area contributed by atoms with Crippen LogP contribution < -0.4 is 5.32 Å². The highest BCUT2D eigenvalue weighted by Gasteiger charge is 2.18. The average Bonchev–Trinajstić information content (AvgIpc) is 2.35. The maximum absolute atomic E-state index is 11.7. The third-order valence-corrected chi connectivity index (χ3v) is 4.86. The van der Waals surface area contributed by atoms with Crippen LogP contribution in [-0.2, 0) is 4.79 Å². The van der Waals surface area contributed by atoms with Gasteiger partial charge in [-0.3, -0.25) is 4.79 Å². The molecule has 1 N–H and O–H groups in total. The summed E-state index contributed by atoms with van der Waals surface area (Å²) in [5, 5.41) is 2.99. The number of nitrogens with one attached hydrogen (secondary N) is 1. The normalized spacial score (nSPS) is 20.1. The van der Waals surface area contributed by atoms with Crippen LogP contribution in [0.1, 0.15) is 20.3 Å². The van der Waals surface area contributed by atoms with Crippen LogP contribution in [0.5, 0.6) is 0 Å². The second-order valence-electron chi connectivity index (χ2n) is 5.44. The van der Waals surface area contributed by atoms with Crippen molar-refractivity contribution in [2.24, 2.45) is 5.92 Å². The van der Waals surface area contributed by atoms with Crippen LogP contribution in [0.4, 0.5) is 0 Å². The van der Waals surface area contributed by atoms with Gasteiger partial charge in [0.2, 0.25) is 5.91 Å². The van der Waals surface area contributed by atoms with E-state index in [1.165, 1.54) is 0 Å². The Balaban J connectivity index is 2.06. The lowest BCUT2D eigenvalue weighted by atomic mass is 10.1. The standard InChI is InChI=1S/C13H26BrN3O/c1-11(2)12(14)13(18)15-5-4-6-17-9-7-16(3)8-10-17/h11-12H,4-10H2,1-3H3,(H,15,18). The quantitative estimate of drug-likeness (QED) is 0.589. The molecule has 0 saturated carbocycles. The molecule has 106 valence electrons. The molecule has 18 heavy (non-hydrogen) atoms. The van der Waals surface area contributed by atoms with E-state index >= 15 is 0 Å². The van der Waals surface area contributed by atoms with E-state index in [-0.39, 0.29) is 10.7 Å². The molecular formula is C13H26BrN3O. The highest BCUT2D eigenvalue weighted by Crippen LogP contribution is 2.11. The summed E-state index contributed by atoms with van der Waals surface area (Å²) in [7, 11) is 2.17. The summed E-state index contributed by atoms with van der Waals surface area (Å²) in [5.41, 5.74) is 0. The predicted octanol–water partition coefficient (Wildman–Crippen LogP) is 1.16. The summed E-state index contributed by atoms with van der Waals surface area (Å²) in [5.74, 6) is 0.450. The van der Waals surface area contributed by atoms with Gasteiger partial charge in [-0.05, 0) is 25.9 Å². The smallest absolute Gasteiger partial charge is 0.234 e. The Morgan fingerprint density at radius 3 is 2.44 bits per heavy atom. The minimum Gasteiger partial charge on any atom is -0.355 e. The van der Waals surface area contributed by atoms with Gasteiger partial charge in [0.1, 0.15) is 0 Å². The molecule has 1 rings (SSSR count). The van der Waals surface area contributed by atoms with E-state index < -0.39 is 0 Å². The van der Waals surface area contributed by atoms with E-state index in [9.17, 15) is 4.79 Å². The lowest BCUT2D eigenvalue weighted by molar-refractivity contribution is -0.121. The lowest BCUT2D eigenvalue weighted by Crippen LogP contribution is -2.45. The Labute approximate surface area is 119 Å². The van der Waals surface area contributed by atoms with Gasteiger partial charge in [-0.1, -0.05) is 29.8 Å². The van der Waals surface area contributed by atoms with Crippen molar-refractivity contribution in [3.8, 4) is 0 Å². The molecule has 1 aliphatic rings. The number of halogens is 1. The molecule has 5 heteroatoms. The summed E-state index contributed by atoms with van der Waals surface area (Å²) in [6.07, 6.45) is 1.03. The van der Waals surface area contributed by atoms with Crippen LogP contribution in [0.15, 0.2) is 0 Å². The number of hydrogen-bond acceptors (Lipinski definition) is 3. The monoisotopic (exact) mass is 319 g/mol. The van der Waals surface area contributed by atoms with E-state index in [4.69, 9.17) is 0 Å². The van der Waals surface area contributed by atoms with Crippen molar-refractivity contribution < 1.29 is 4.79 Å². The van der Waals surface area contributed by atoms with Gasteiger partial charge in [-0.15, -0.1) is 0 Å². The molecule has 1 saturated heterocycles. The zero-order valence-corrected chi connectivity index (χ0v) is 13.4. The first-order chi connectivity index (χ1) is 8.50. The number of carbonyl (C=O) groups excluding carboxylic acids is 1. The molecule has 1 unspecified atom stereocenters. The molecule has 0 aliphatic carbocycles. The molecule has 0 aromatic carbocycles. The topological polar surface area (TPSA) is 35.6 Å². The second-order valence-corrected chi connectivity index (χ2v) is 6.42. The SMILES string of the molecule is CC(C)C(Br)C(=O)NCCCN1CCN(C)CC1. The third kappa shape index (κ3) is 5.67. The van der Waals surface area contributed by atoms with Crippen molar-refractivity contribution >= 4 is 21.8 Å². The van der Waals surface area contributed by atoms with Gasteiger partial charge in [-0.25, -0.2) is 0 Å². The molecule has 0 radical (unpaired) electrons. The molecule has 1 fully saturated rings. The maximum Gasteiger partial charge on any atom is 0.234 e. The fraction of sp³-hybridized carbons (Fsp3) is 0.923. The number of amides is 1. The zero-order valence-electron chi connectivity index (χ0n) is 11.8.